The van der Waals surface area contributed by atoms with Gasteiger partial charge in [0.1, 0.15) is 0 Å². The fourth-order valence-corrected chi connectivity index (χ4v) is 7.21. The van der Waals surface area contributed by atoms with Crippen LogP contribution in [0, 0.1) is 0 Å². The van der Waals surface area contributed by atoms with Crippen LogP contribution < -0.4 is 0 Å². The van der Waals surface area contributed by atoms with E-state index in [0.717, 1.165) is 78.4 Å². The lowest BCUT2D eigenvalue weighted by Crippen LogP contribution is -1.94. The molecule has 0 amide bonds. The van der Waals surface area contributed by atoms with E-state index in [9.17, 15) is 0 Å². The number of hydrogen-bond donors (Lipinski definition) is 0. The summed E-state index contributed by atoms with van der Waals surface area (Å²) in [4.78, 5) is 10.6. The van der Waals surface area contributed by atoms with Crippen LogP contribution in [0.5, 0.6) is 0 Å². The molecule has 2 aromatic heterocycles. The second-order valence-corrected chi connectivity index (χ2v) is 13.4. The van der Waals surface area contributed by atoms with Gasteiger partial charge in [0.2, 0.25) is 0 Å². The molecule has 0 spiro atoms. The molecular formula is C52H36N2. The maximum atomic E-state index is 5.28. The van der Waals surface area contributed by atoms with E-state index < -0.39 is 0 Å². The lowest BCUT2D eigenvalue weighted by Gasteiger charge is -2.15. The van der Waals surface area contributed by atoms with Gasteiger partial charge in [-0.1, -0.05) is 188 Å². The van der Waals surface area contributed by atoms with E-state index in [2.05, 4.69) is 206 Å². The number of pyridine rings is 2. The van der Waals surface area contributed by atoms with Crippen molar-refractivity contribution in [2.45, 2.75) is 0 Å². The third-order valence-electron chi connectivity index (χ3n) is 9.89. The van der Waals surface area contributed by atoms with E-state index in [1.54, 1.807) is 0 Å². The second kappa shape index (κ2) is 14.8. The van der Waals surface area contributed by atoms with Crippen LogP contribution in [0.25, 0.3) is 89.5 Å². The van der Waals surface area contributed by atoms with Gasteiger partial charge in [-0.15, -0.1) is 0 Å². The Kier molecular flexibility index (Phi) is 8.99. The van der Waals surface area contributed by atoms with Gasteiger partial charge in [0.05, 0.1) is 22.8 Å². The van der Waals surface area contributed by atoms with Crippen molar-refractivity contribution in [3.05, 3.63) is 218 Å². The summed E-state index contributed by atoms with van der Waals surface area (Å²) in [7, 11) is 0. The zero-order chi connectivity index (χ0) is 36.1. The Labute approximate surface area is 316 Å². The van der Waals surface area contributed by atoms with Crippen LogP contribution >= 0.6 is 0 Å². The van der Waals surface area contributed by atoms with Crippen molar-refractivity contribution in [3.63, 3.8) is 0 Å². The van der Waals surface area contributed by atoms with Gasteiger partial charge in [-0.2, -0.15) is 0 Å². The highest BCUT2D eigenvalue weighted by Gasteiger charge is 2.16. The van der Waals surface area contributed by atoms with Crippen LogP contribution in [0.1, 0.15) is 0 Å². The average Bonchev–Trinajstić information content (AvgIpc) is 3.27. The minimum atomic E-state index is 0.936. The highest BCUT2D eigenvalue weighted by atomic mass is 14.7. The molecule has 254 valence electrons. The SMILES string of the molecule is c1ccc(-c2cc(-c3cccc(-c4cc(-c5ccccc5)nc(-c5ccccc5-c5ccccc5)c4)c3)cc(-c3ccccc3-c3ccccc3)n2)cc1. The highest BCUT2D eigenvalue weighted by Crippen LogP contribution is 2.39. The molecule has 0 radical (unpaired) electrons. The fraction of sp³-hybridized carbons (Fsp3) is 0. The Bertz CT molecular complexity index is 2500. The lowest BCUT2D eigenvalue weighted by atomic mass is 9.92. The van der Waals surface area contributed by atoms with E-state index in [-0.39, 0.29) is 0 Å². The average molecular weight is 689 g/mol. The number of rotatable bonds is 8. The zero-order valence-electron chi connectivity index (χ0n) is 29.7. The molecule has 0 bridgehead atoms. The van der Waals surface area contributed by atoms with E-state index in [1.807, 2.05) is 12.1 Å². The summed E-state index contributed by atoms with van der Waals surface area (Å²) in [6, 6.07) is 76.9. The molecular weight excluding hydrogens is 653 g/mol. The Morgan fingerprint density at radius 2 is 0.481 bits per heavy atom. The van der Waals surface area contributed by atoms with Gasteiger partial charge in [0.25, 0.3) is 0 Å². The van der Waals surface area contributed by atoms with Gasteiger partial charge in [-0.05, 0) is 74.8 Å². The summed E-state index contributed by atoms with van der Waals surface area (Å²) < 4.78 is 0. The monoisotopic (exact) mass is 688 g/mol. The number of aromatic nitrogens is 2. The van der Waals surface area contributed by atoms with E-state index >= 15 is 0 Å². The third-order valence-corrected chi connectivity index (χ3v) is 9.89. The molecule has 0 aliphatic carbocycles. The maximum absolute atomic E-state index is 5.28. The molecule has 2 nitrogen and oxygen atoms in total. The molecule has 0 saturated carbocycles. The van der Waals surface area contributed by atoms with Crippen LogP contribution in [0.3, 0.4) is 0 Å². The third kappa shape index (κ3) is 6.77. The quantitative estimate of drug-likeness (QED) is 0.159. The first-order valence-corrected chi connectivity index (χ1v) is 18.3. The molecule has 0 aliphatic rings. The Morgan fingerprint density at radius 1 is 0.185 bits per heavy atom. The predicted octanol–water partition coefficient (Wildman–Crippen LogP) is 13.8. The van der Waals surface area contributed by atoms with Crippen molar-refractivity contribution in [3.8, 4) is 89.5 Å². The molecule has 54 heavy (non-hydrogen) atoms. The minimum Gasteiger partial charge on any atom is -0.248 e. The predicted molar refractivity (Wildman–Crippen MR) is 226 cm³/mol. The largest absolute Gasteiger partial charge is 0.248 e. The van der Waals surface area contributed by atoms with Crippen LogP contribution in [0.2, 0.25) is 0 Å². The standard InChI is InChI=1S/C52H36N2/c1-5-18-37(19-6-1)45-28-13-15-30-47(45)51-35-43(33-49(53-51)39-22-9-3-10-23-39)41-26-17-27-42(32-41)44-34-50(40-24-11-4-12-25-40)54-52(36-44)48-31-16-14-29-46(48)38-20-7-2-8-21-38/h1-36H. The Balaban J connectivity index is 1.20. The minimum absolute atomic E-state index is 0.936. The normalized spacial score (nSPS) is 11.0. The van der Waals surface area contributed by atoms with E-state index in [1.165, 1.54) is 11.1 Å². The van der Waals surface area contributed by atoms with Gasteiger partial charge in [0, 0.05) is 22.3 Å². The van der Waals surface area contributed by atoms with Gasteiger partial charge in [-0.3, -0.25) is 0 Å². The topological polar surface area (TPSA) is 25.8 Å². The fourth-order valence-electron chi connectivity index (χ4n) is 7.21. The van der Waals surface area contributed by atoms with Crippen molar-refractivity contribution in [2.75, 3.05) is 0 Å². The molecule has 0 N–H and O–H groups in total. The summed E-state index contributed by atoms with van der Waals surface area (Å²) in [5.41, 5.74) is 17.2. The van der Waals surface area contributed by atoms with Crippen LogP contribution in [0.15, 0.2) is 218 Å². The van der Waals surface area contributed by atoms with Crippen molar-refractivity contribution < 1.29 is 0 Å². The molecule has 7 aromatic carbocycles. The molecule has 0 unspecified atom stereocenters. The first-order valence-electron chi connectivity index (χ1n) is 18.3. The summed E-state index contributed by atoms with van der Waals surface area (Å²) in [6.07, 6.45) is 0. The molecule has 0 fully saturated rings. The van der Waals surface area contributed by atoms with Crippen LogP contribution in [-0.2, 0) is 0 Å². The van der Waals surface area contributed by atoms with Crippen molar-refractivity contribution in [1.82, 2.24) is 9.97 Å². The van der Waals surface area contributed by atoms with Crippen molar-refractivity contribution in [1.29, 1.82) is 0 Å². The lowest BCUT2D eigenvalue weighted by molar-refractivity contribution is 1.32. The van der Waals surface area contributed by atoms with Gasteiger partial charge in [-0.25, -0.2) is 9.97 Å². The molecule has 2 heteroatoms. The number of hydrogen-bond acceptors (Lipinski definition) is 2. The molecule has 9 rings (SSSR count). The van der Waals surface area contributed by atoms with Crippen molar-refractivity contribution >= 4 is 0 Å². The molecule has 0 atom stereocenters. The summed E-state index contributed by atoms with van der Waals surface area (Å²) in [6.45, 7) is 0. The van der Waals surface area contributed by atoms with Gasteiger partial charge in [0.15, 0.2) is 0 Å². The molecule has 0 aliphatic heterocycles. The van der Waals surface area contributed by atoms with E-state index in [0.29, 0.717) is 0 Å². The second-order valence-electron chi connectivity index (χ2n) is 13.4. The highest BCUT2D eigenvalue weighted by molar-refractivity contribution is 5.88. The molecule has 9 aromatic rings. The van der Waals surface area contributed by atoms with Gasteiger partial charge >= 0.3 is 0 Å². The zero-order valence-corrected chi connectivity index (χ0v) is 29.7. The van der Waals surface area contributed by atoms with Gasteiger partial charge < -0.3 is 0 Å². The summed E-state index contributed by atoms with van der Waals surface area (Å²) >= 11 is 0. The van der Waals surface area contributed by atoms with Crippen molar-refractivity contribution in [2.24, 2.45) is 0 Å². The molecule has 2 heterocycles. The number of benzene rings is 7. The summed E-state index contributed by atoms with van der Waals surface area (Å²) in [5.74, 6) is 0. The first kappa shape index (κ1) is 32.7. The summed E-state index contributed by atoms with van der Waals surface area (Å²) in [5, 5.41) is 0. The maximum Gasteiger partial charge on any atom is 0.0721 e. The van der Waals surface area contributed by atoms with E-state index in [4.69, 9.17) is 9.97 Å². The molecule has 0 saturated heterocycles. The Morgan fingerprint density at radius 3 is 0.870 bits per heavy atom. The van der Waals surface area contributed by atoms with Crippen LogP contribution in [-0.4, -0.2) is 9.97 Å². The van der Waals surface area contributed by atoms with Crippen LogP contribution in [0.4, 0.5) is 0 Å². The smallest absolute Gasteiger partial charge is 0.0721 e. The first-order chi connectivity index (χ1) is 26.8. The number of nitrogens with zero attached hydrogens (tertiary/aromatic N) is 2. The Hall–Kier alpha value is -7.16.